The number of amides is 1. The van der Waals surface area contributed by atoms with Gasteiger partial charge in [0.2, 0.25) is 11.8 Å². The van der Waals surface area contributed by atoms with Crippen molar-refractivity contribution in [3.8, 4) is 17.7 Å². The molecule has 4 aliphatic rings. The van der Waals surface area contributed by atoms with Gasteiger partial charge in [-0.2, -0.15) is 5.26 Å². The van der Waals surface area contributed by atoms with Crippen LogP contribution < -0.4 is 9.47 Å². The van der Waals surface area contributed by atoms with Gasteiger partial charge in [0.1, 0.15) is 30.0 Å². The summed E-state index contributed by atoms with van der Waals surface area (Å²) < 4.78 is 38.5. The predicted molar refractivity (Wildman–Crippen MR) is 103 cm³/mol. The molecule has 1 saturated heterocycles. The number of hydrogen-bond acceptors (Lipinski definition) is 6. The normalized spacial score (nSPS) is 28.3. The second kappa shape index (κ2) is 7.15. The summed E-state index contributed by atoms with van der Waals surface area (Å²) in [5, 5.41) is 8.90. The fourth-order valence-electron chi connectivity index (χ4n) is 5.18. The van der Waals surface area contributed by atoms with Gasteiger partial charge in [-0.1, -0.05) is 0 Å². The van der Waals surface area contributed by atoms with Crippen LogP contribution in [0, 0.1) is 33.8 Å². The Morgan fingerprint density at radius 2 is 2.06 bits per heavy atom. The van der Waals surface area contributed by atoms with Crippen molar-refractivity contribution in [3.05, 3.63) is 47.9 Å². The molecule has 1 aromatic carbocycles. The second-order valence-corrected chi connectivity index (χ2v) is 8.81. The maximum Gasteiger partial charge on any atom is 0.228 e. The predicted octanol–water partition coefficient (Wildman–Crippen LogP) is 2.86. The molecule has 3 aliphatic carbocycles. The lowest BCUT2D eigenvalue weighted by molar-refractivity contribution is -0.225. The molecular formula is C22H20F2N4O3. The molecule has 4 fully saturated rings. The van der Waals surface area contributed by atoms with Gasteiger partial charge in [0.25, 0.3) is 0 Å². The van der Waals surface area contributed by atoms with Gasteiger partial charge in [0.15, 0.2) is 11.6 Å². The molecule has 2 bridgehead atoms. The third-order valence-electron chi connectivity index (χ3n) is 6.50. The van der Waals surface area contributed by atoms with Crippen molar-refractivity contribution in [1.82, 2.24) is 14.9 Å². The topological polar surface area (TPSA) is 88.3 Å². The minimum atomic E-state index is -0.613. The van der Waals surface area contributed by atoms with Crippen molar-refractivity contribution < 1.29 is 23.0 Å². The van der Waals surface area contributed by atoms with Crippen LogP contribution in [-0.4, -0.2) is 46.6 Å². The lowest BCUT2D eigenvalue weighted by Crippen LogP contribution is -2.69. The van der Waals surface area contributed by atoms with Crippen molar-refractivity contribution in [2.45, 2.75) is 31.8 Å². The standard InChI is InChI=1S/C22H20F2N4O3/c23-14-1-2-17(24)18(5-14)31-16-3-4-28(8-16)20(29)22-9-21(10-22,11-22)12-30-19-6-15(7-25)26-13-27-19/h1-2,5-6,13,16H,3-4,8-12H2. The molecule has 0 N–H and O–H groups in total. The highest BCUT2D eigenvalue weighted by molar-refractivity contribution is 5.86. The van der Waals surface area contributed by atoms with E-state index in [4.69, 9.17) is 14.7 Å². The van der Waals surface area contributed by atoms with E-state index >= 15 is 0 Å². The number of nitriles is 1. The minimum absolute atomic E-state index is 0.0201. The highest BCUT2D eigenvalue weighted by Crippen LogP contribution is 2.73. The molecule has 1 aromatic heterocycles. The van der Waals surface area contributed by atoms with Crippen LogP contribution >= 0.6 is 0 Å². The van der Waals surface area contributed by atoms with Crippen molar-refractivity contribution in [2.24, 2.45) is 10.8 Å². The van der Waals surface area contributed by atoms with E-state index in [0.717, 1.165) is 37.5 Å². The highest BCUT2D eigenvalue weighted by atomic mass is 19.1. The average molecular weight is 426 g/mol. The molecule has 7 nitrogen and oxygen atoms in total. The number of hydrogen-bond donors (Lipinski definition) is 0. The van der Waals surface area contributed by atoms with Crippen LogP contribution in [0.25, 0.3) is 0 Å². The first-order valence-corrected chi connectivity index (χ1v) is 10.2. The van der Waals surface area contributed by atoms with Crippen LogP contribution in [0.2, 0.25) is 0 Å². The van der Waals surface area contributed by atoms with Gasteiger partial charge in [0.05, 0.1) is 18.6 Å². The third-order valence-corrected chi connectivity index (χ3v) is 6.50. The molecule has 1 amide bonds. The third kappa shape index (κ3) is 3.46. The van der Waals surface area contributed by atoms with Crippen LogP contribution in [0.5, 0.6) is 11.6 Å². The summed E-state index contributed by atoms with van der Waals surface area (Å²) in [4.78, 5) is 22.6. The van der Waals surface area contributed by atoms with E-state index in [9.17, 15) is 13.6 Å². The molecule has 160 valence electrons. The first kappa shape index (κ1) is 19.7. The zero-order valence-electron chi connectivity index (χ0n) is 16.7. The molecular weight excluding hydrogens is 406 g/mol. The summed E-state index contributed by atoms with van der Waals surface area (Å²) in [6.45, 7) is 1.37. The molecule has 9 heteroatoms. The van der Waals surface area contributed by atoms with Crippen molar-refractivity contribution >= 4 is 5.91 Å². The molecule has 31 heavy (non-hydrogen) atoms. The van der Waals surface area contributed by atoms with Gasteiger partial charge in [-0.3, -0.25) is 4.79 Å². The summed E-state index contributed by atoms with van der Waals surface area (Å²) in [5.74, 6) is -0.826. The van der Waals surface area contributed by atoms with Crippen LogP contribution in [0.1, 0.15) is 31.4 Å². The van der Waals surface area contributed by atoms with E-state index in [1.165, 1.54) is 12.4 Å². The number of benzene rings is 1. The molecule has 0 spiro atoms. The molecule has 6 rings (SSSR count). The highest BCUT2D eigenvalue weighted by Gasteiger charge is 2.72. The van der Waals surface area contributed by atoms with Gasteiger partial charge >= 0.3 is 0 Å². The molecule has 1 unspecified atom stereocenters. The fourth-order valence-corrected chi connectivity index (χ4v) is 5.18. The van der Waals surface area contributed by atoms with Crippen molar-refractivity contribution in [1.29, 1.82) is 5.26 Å². The van der Waals surface area contributed by atoms with Gasteiger partial charge in [0, 0.05) is 30.5 Å². The van der Waals surface area contributed by atoms with Gasteiger partial charge in [-0.15, -0.1) is 0 Å². The van der Waals surface area contributed by atoms with Crippen LogP contribution in [-0.2, 0) is 4.79 Å². The summed E-state index contributed by atoms with van der Waals surface area (Å²) in [5.41, 5.74) is -0.113. The Balaban J connectivity index is 1.13. The number of halogens is 2. The molecule has 1 atom stereocenters. The number of carbonyl (C=O) groups is 1. The Morgan fingerprint density at radius 1 is 1.26 bits per heavy atom. The van der Waals surface area contributed by atoms with Crippen molar-refractivity contribution in [2.75, 3.05) is 19.7 Å². The largest absolute Gasteiger partial charge is 0.485 e. The van der Waals surface area contributed by atoms with E-state index in [-0.39, 0.29) is 34.3 Å². The van der Waals surface area contributed by atoms with Gasteiger partial charge < -0.3 is 14.4 Å². The van der Waals surface area contributed by atoms with E-state index < -0.39 is 11.6 Å². The number of aromatic nitrogens is 2. The number of ether oxygens (including phenoxy) is 2. The Morgan fingerprint density at radius 3 is 2.84 bits per heavy atom. The average Bonchev–Trinajstić information content (AvgIpc) is 3.17. The summed E-state index contributed by atoms with van der Waals surface area (Å²) >= 11 is 0. The molecule has 3 saturated carbocycles. The Hall–Kier alpha value is -3.28. The van der Waals surface area contributed by atoms with E-state index in [2.05, 4.69) is 9.97 Å². The minimum Gasteiger partial charge on any atom is -0.485 e. The fraction of sp³-hybridized carbons (Fsp3) is 0.455. The van der Waals surface area contributed by atoms with Gasteiger partial charge in [-0.05, 0) is 31.4 Å². The Kier molecular flexibility index (Phi) is 4.54. The van der Waals surface area contributed by atoms with E-state index in [1.807, 2.05) is 6.07 Å². The van der Waals surface area contributed by atoms with E-state index in [1.54, 1.807) is 4.90 Å². The summed E-state index contributed by atoms with van der Waals surface area (Å²) in [7, 11) is 0. The number of rotatable bonds is 6. The number of carbonyl (C=O) groups excluding carboxylic acids is 1. The van der Waals surface area contributed by atoms with Crippen LogP contribution in [0.4, 0.5) is 8.78 Å². The summed E-state index contributed by atoms with van der Waals surface area (Å²) in [6.07, 6.45) is 3.81. The first-order chi connectivity index (χ1) is 14.9. The SMILES string of the molecule is N#Cc1cc(OCC23CC(C(=O)N4CCC(Oc5cc(F)ccc5F)C4)(C2)C3)ncn1. The smallest absolute Gasteiger partial charge is 0.228 e. The molecule has 2 aromatic rings. The zero-order valence-corrected chi connectivity index (χ0v) is 16.7. The quantitative estimate of drug-likeness (QED) is 0.706. The maximum absolute atomic E-state index is 13.8. The van der Waals surface area contributed by atoms with Crippen LogP contribution in [0.3, 0.4) is 0 Å². The zero-order chi connectivity index (χ0) is 21.6. The Bertz CT molecular complexity index is 1070. The first-order valence-electron chi connectivity index (χ1n) is 10.2. The van der Waals surface area contributed by atoms with Crippen molar-refractivity contribution in [3.63, 3.8) is 0 Å². The molecule has 0 radical (unpaired) electrons. The molecule has 1 aliphatic heterocycles. The summed E-state index contributed by atoms with van der Waals surface area (Å²) in [6, 6.07) is 6.56. The number of nitrogens with zero attached hydrogens (tertiary/aromatic N) is 4. The lowest BCUT2D eigenvalue weighted by atomic mass is 9.35. The van der Waals surface area contributed by atoms with Gasteiger partial charge in [-0.25, -0.2) is 18.7 Å². The molecule has 2 heterocycles. The van der Waals surface area contributed by atoms with Crippen LogP contribution in [0.15, 0.2) is 30.6 Å². The van der Waals surface area contributed by atoms with E-state index in [0.29, 0.717) is 32.0 Å². The maximum atomic E-state index is 13.8. The Labute approximate surface area is 177 Å². The second-order valence-electron chi connectivity index (χ2n) is 8.81. The number of likely N-dealkylation sites (tertiary alicyclic amines) is 1. The lowest BCUT2D eigenvalue weighted by Gasteiger charge is -2.69. The monoisotopic (exact) mass is 426 g/mol.